The second-order valence-corrected chi connectivity index (χ2v) is 9.33. The number of halogens is 17. The maximum atomic E-state index is 13.0. The molecule has 1 rings (SSSR count). The molecule has 0 radical (unpaired) electrons. The van der Waals surface area contributed by atoms with Crippen LogP contribution in [0.25, 0.3) is 0 Å². The average molecular weight is 615 g/mol. The van der Waals surface area contributed by atoms with Gasteiger partial charge < -0.3 is 13.8 Å². The van der Waals surface area contributed by atoms with Crippen LogP contribution in [-0.2, 0) is 14.9 Å². The Balaban J connectivity index is 0.00000136. The summed E-state index contributed by atoms with van der Waals surface area (Å²) in [5.41, 5.74) is 0. The summed E-state index contributed by atoms with van der Waals surface area (Å²) in [4.78, 5) is 0. The molecule has 1 saturated heterocycles. The van der Waals surface area contributed by atoms with Crippen LogP contribution >= 0.6 is 0 Å². The highest BCUT2D eigenvalue weighted by Gasteiger charge is 2.95. The maximum absolute atomic E-state index is 13.0. The standard InChI is InChI=1S/C8HF17O3S.C6H14NO/c9-1(10,3(13,14)5(17,18)7(21,22)23)2(11,12)4(15,16)6(19,20)8(24,25)29(26,27)28;1-7(2)3-5-8-6-4-7/h(H,26,27,28);3-6H2,1-2H3/q;+1/p-1. The van der Waals surface area contributed by atoms with Crippen molar-refractivity contribution < 1.29 is 96.8 Å². The van der Waals surface area contributed by atoms with Crippen molar-refractivity contribution in [1.29, 1.82) is 0 Å². The number of ether oxygens (including phenoxy) is 1. The quantitative estimate of drug-likeness (QED) is 0.239. The third kappa shape index (κ3) is 5.68. The number of hydrogen-bond donors (Lipinski definition) is 0. The molecule has 0 aromatic heterocycles. The monoisotopic (exact) mass is 615 g/mol. The van der Waals surface area contributed by atoms with Crippen LogP contribution in [0.3, 0.4) is 0 Å². The van der Waals surface area contributed by atoms with Crippen LogP contribution in [0.4, 0.5) is 74.6 Å². The lowest BCUT2D eigenvalue weighted by atomic mass is 9.91. The van der Waals surface area contributed by atoms with Gasteiger partial charge in [-0.1, -0.05) is 0 Å². The zero-order valence-corrected chi connectivity index (χ0v) is 18.6. The van der Waals surface area contributed by atoms with Gasteiger partial charge in [0.05, 0.1) is 27.3 Å². The van der Waals surface area contributed by atoms with E-state index in [1.165, 1.54) is 13.1 Å². The van der Waals surface area contributed by atoms with Crippen molar-refractivity contribution in [3.8, 4) is 0 Å². The van der Waals surface area contributed by atoms with Gasteiger partial charge in [-0.05, 0) is 0 Å². The number of quaternary nitrogens is 1. The normalized spacial score (nSPS) is 19.2. The third-order valence-corrected chi connectivity index (χ3v) is 5.57. The molecule has 0 spiro atoms. The van der Waals surface area contributed by atoms with Crippen molar-refractivity contribution in [1.82, 2.24) is 0 Å². The Morgan fingerprint density at radius 3 is 1.05 bits per heavy atom. The highest BCUT2D eigenvalue weighted by molar-refractivity contribution is 7.86. The fourth-order valence-electron chi connectivity index (χ4n) is 2.14. The molecule has 224 valence electrons. The molecule has 23 heteroatoms. The minimum atomic E-state index is -8.92. The Bertz CT molecular complexity index is 905. The van der Waals surface area contributed by atoms with Crippen molar-refractivity contribution in [3.63, 3.8) is 0 Å². The lowest BCUT2D eigenvalue weighted by Crippen LogP contribution is -2.75. The summed E-state index contributed by atoms with van der Waals surface area (Å²) in [6.07, 6.45) is -7.89. The lowest BCUT2D eigenvalue weighted by Gasteiger charge is -2.42. The van der Waals surface area contributed by atoms with E-state index in [1.54, 1.807) is 0 Å². The largest absolute Gasteiger partial charge is 0.743 e. The maximum Gasteiger partial charge on any atom is 0.460 e. The summed E-state index contributed by atoms with van der Waals surface area (Å²) < 4.78 is 250. The summed E-state index contributed by atoms with van der Waals surface area (Å²) in [6, 6.07) is 0. The van der Waals surface area contributed by atoms with E-state index in [1.807, 2.05) is 0 Å². The number of hydrogen-bond acceptors (Lipinski definition) is 4. The average Bonchev–Trinajstić information content (AvgIpc) is 2.65. The lowest BCUT2D eigenvalue weighted by molar-refractivity contribution is -0.898. The molecule has 0 N–H and O–H groups in total. The summed E-state index contributed by atoms with van der Waals surface area (Å²) in [5.74, 6) is -52.1. The number of likely N-dealkylation sites (N-methyl/N-ethyl adjacent to an activating group) is 1. The molecule has 0 unspecified atom stereocenters. The van der Waals surface area contributed by atoms with E-state index in [9.17, 15) is 87.6 Å². The van der Waals surface area contributed by atoms with Crippen molar-refractivity contribution in [2.24, 2.45) is 0 Å². The summed E-state index contributed by atoms with van der Waals surface area (Å²) >= 11 is 0. The highest BCUT2D eigenvalue weighted by Crippen LogP contribution is 2.64. The van der Waals surface area contributed by atoms with E-state index in [4.69, 9.17) is 4.74 Å². The first-order chi connectivity index (χ1) is 15.7. The van der Waals surface area contributed by atoms with Crippen LogP contribution in [0.5, 0.6) is 0 Å². The summed E-state index contributed by atoms with van der Waals surface area (Å²) in [6.45, 7) is 4.21. The summed E-state index contributed by atoms with van der Waals surface area (Å²) in [7, 11) is -3.67. The molecule has 1 aliphatic rings. The molecule has 1 heterocycles. The first-order valence-corrected chi connectivity index (χ1v) is 10.2. The van der Waals surface area contributed by atoms with E-state index < -0.39 is 57.1 Å². The summed E-state index contributed by atoms with van der Waals surface area (Å²) in [5, 5.41) is -7.95. The van der Waals surface area contributed by atoms with Crippen molar-refractivity contribution in [2.45, 2.75) is 47.0 Å². The van der Waals surface area contributed by atoms with E-state index >= 15 is 0 Å². The molecular weight excluding hydrogens is 601 g/mol. The predicted molar refractivity (Wildman–Crippen MR) is 83.0 cm³/mol. The van der Waals surface area contributed by atoms with Crippen molar-refractivity contribution in [3.05, 3.63) is 0 Å². The smallest absolute Gasteiger partial charge is 0.460 e. The minimum absolute atomic E-state index is 0.938. The third-order valence-electron chi connectivity index (χ3n) is 4.69. The first kappa shape index (κ1) is 35.6. The molecule has 0 amide bonds. The molecule has 0 saturated carbocycles. The SMILES string of the molecule is C[N+]1(C)CCOCC1.O=S(=O)([O-])C(F)(F)C(F)(F)C(F)(F)C(F)(F)C(F)(F)C(F)(F)C(F)(F)C(F)(F)F. The first-order valence-electron chi connectivity index (χ1n) is 8.77. The van der Waals surface area contributed by atoms with Gasteiger partial charge in [0.1, 0.15) is 13.1 Å². The molecule has 5 nitrogen and oxygen atoms in total. The van der Waals surface area contributed by atoms with Gasteiger partial charge in [-0.15, -0.1) is 0 Å². The Kier molecular flexibility index (Phi) is 9.32. The minimum Gasteiger partial charge on any atom is -0.743 e. The molecule has 1 aliphatic heterocycles. The van der Waals surface area contributed by atoms with Gasteiger partial charge in [0.2, 0.25) is 0 Å². The van der Waals surface area contributed by atoms with E-state index in [-0.39, 0.29) is 0 Å². The fraction of sp³-hybridized carbons (Fsp3) is 1.00. The van der Waals surface area contributed by atoms with Gasteiger partial charge >= 0.3 is 47.0 Å². The number of nitrogens with zero attached hydrogens (tertiary/aromatic N) is 1. The van der Waals surface area contributed by atoms with Gasteiger partial charge in [0.15, 0.2) is 10.1 Å². The highest BCUT2D eigenvalue weighted by atomic mass is 32.2. The van der Waals surface area contributed by atoms with Crippen LogP contribution in [0.15, 0.2) is 0 Å². The van der Waals surface area contributed by atoms with Crippen molar-refractivity contribution >= 4 is 10.1 Å². The van der Waals surface area contributed by atoms with Crippen LogP contribution < -0.4 is 0 Å². The van der Waals surface area contributed by atoms with E-state index in [0.717, 1.165) is 17.7 Å². The molecule has 1 fully saturated rings. The second kappa shape index (κ2) is 9.68. The van der Waals surface area contributed by atoms with Crippen LogP contribution in [0.1, 0.15) is 0 Å². The van der Waals surface area contributed by atoms with Gasteiger partial charge in [-0.2, -0.15) is 74.6 Å². The second-order valence-electron chi connectivity index (χ2n) is 7.91. The molecule has 37 heavy (non-hydrogen) atoms. The van der Waals surface area contributed by atoms with Crippen LogP contribution in [-0.4, -0.2) is 105 Å². The Labute approximate surface area is 195 Å². The Morgan fingerprint density at radius 1 is 0.568 bits per heavy atom. The molecule has 0 bridgehead atoms. The number of morpholine rings is 1. The van der Waals surface area contributed by atoms with Gasteiger partial charge in [0, 0.05) is 0 Å². The fourth-order valence-corrected chi connectivity index (χ4v) is 2.59. The zero-order chi connectivity index (χ0) is 30.5. The predicted octanol–water partition coefficient (Wildman–Crippen LogP) is 4.59. The molecule has 0 aliphatic carbocycles. The zero-order valence-electron chi connectivity index (χ0n) is 17.7. The molecule has 0 aromatic carbocycles. The van der Waals surface area contributed by atoms with Gasteiger partial charge in [0.25, 0.3) is 0 Å². The number of rotatable bonds is 7. The van der Waals surface area contributed by atoms with Gasteiger partial charge in [-0.3, -0.25) is 0 Å². The molecule has 0 aromatic rings. The molecular formula is C14H14F17NO4S. The number of alkyl halides is 17. The molecule has 0 atom stereocenters. The van der Waals surface area contributed by atoms with Crippen LogP contribution in [0.2, 0.25) is 0 Å². The van der Waals surface area contributed by atoms with Crippen molar-refractivity contribution in [2.75, 3.05) is 40.4 Å². The van der Waals surface area contributed by atoms with Crippen LogP contribution in [0, 0.1) is 0 Å². The van der Waals surface area contributed by atoms with E-state index in [0.29, 0.717) is 0 Å². The van der Waals surface area contributed by atoms with E-state index in [2.05, 4.69) is 14.1 Å². The Morgan fingerprint density at radius 2 is 0.838 bits per heavy atom. The Hall–Kier alpha value is -1.36. The topological polar surface area (TPSA) is 66.4 Å². The van der Waals surface area contributed by atoms with Gasteiger partial charge in [-0.25, -0.2) is 8.42 Å².